The Hall–Kier alpha value is -2.30. The number of aryl methyl sites for hydroxylation is 1. The lowest BCUT2D eigenvalue weighted by Gasteiger charge is -2.32. The fraction of sp³-hybridized carbons (Fsp3) is 0.444. The van der Waals surface area contributed by atoms with Gasteiger partial charge in [-0.1, -0.05) is 12.1 Å². The maximum atomic E-state index is 12.5. The van der Waals surface area contributed by atoms with Crippen molar-refractivity contribution in [2.24, 2.45) is 0 Å². The number of hydrogen-bond acceptors (Lipinski definition) is 3. The van der Waals surface area contributed by atoms with E-state index in [1.54, 1.807) is 13.3 Å². The largest absolute Gasteiger partial charge is 0.497 e. The molecule has 5 heteroatoms. The number of likely N-dealkylation sites (tertiary alicyclic amines) is 1. The lowest BCUT2D eigenvalue weighted by atomic mass is 9.94. The van der Waals surface area contributed by atoms with Crippen molar-refractivity contribution in [3.05, 3.63) is 47.8 Å². The van der Waals surface area contributed by atoms with Crippen LogP contribution in [-0.4, -0.2) is 41.2 Å². The number of hydrogen-bond donors (Lipinski definition) is 1. The molecule has 0 aliphatic carbocycles. The van der Waals surface area contributed by atoms with Crippen LogP contribution in [0.5, 0.6) is 5.75 Å². The Labute approximate surface area is 136 Å². The fourth-order valence-corrected chi connectivity index (χ4v) is 3.15. The van der Waals surface area contributed by atoms with Crippen molar-refractivity contribution in [3.63, 3.8) is 0 Å². The van der Waals surface area contributed by atoms with Crippen molar-refractivity contribution in [1.29, 1.82) is 0 Å². The van der Waals surface area contributed by atoms with Gasteiger partial charge in [-0.3, -0.25) is 9.89 Å². The minimum atomic E-state index is 0.241. The van der Waals surface area contributed by atoms with E-state index < -0.39 is 0 Å². The number of carbonyl (C=O) groups excluding carboxylic acids is 1. The molecule has 3 rings (SSSR count). The first-order chi connectivity index (χ1) is 11.3. The third-order valence-corrected chi connectivity index (χ3v) is 4.52. The lowest BCUT2D eigenvalue weighted by molar-refractivity contribution is -0.132. The standard InChI is InChI=1S/C18H23N3O2/c1-23-16-7-4-14(5-8-16)6-9-18(22)21-12-2-3-15(13-21)17-10-11-19-20-17/h4-5,7-8,10-11,15H,2-3,6,9,12-13H2,1H3,(H,19,20). The Morgan fingerprint density at radius 2 is 2.17 bits per heavy atom. The summed E-state index contributed by atoms with van der Waals surface area (Å²) in [4.78, 5) is 14.5. The summed E-state index contributed by atoms with van der Waals surface area (Å²) in [7, 11) is 1.66. The minimum absolute atomic E-state index is 0.241. The predicted octanol–water partition coefficient (Wildman–Crippen LogP) is 2.76. The van der Waals surface area contributed by atoms with Gasteiger partial charge in [0, 0.05) is 37.3 Å². The molecule has 0 radical (unpaired) electrons. The molecule has 1 unspecified atom stereocenters. The van der Waals surface area contributed by atoms with E-state index in [-0.39, 0.29) is 5.91 Å². The molecule has 1 aliphatic heterocycles. The molecule has 2 aromatic rings. The summed E-state index contributed by atoms with van der Waals surface area (Å²) in [5.74, 6) is 1.47. The SMILES string of the molecule is COc1ccc(CCC(=O)N2CCCC(c3ccn[nH]3)C2)cc1. The van der Waals surface area contributed by atoms with E-state index in [4.69, 9.17) is 4.74 Å². The average Bonchev–Trinajstić information content (AvgIpc) is 3.15. The summed E-state index contributed by atoms with van der Waals surface area (Å²) < 4.78 is 5.15. The molecule has 1 aliphatic rings. The van der Waals surface area contributed by atoms with E-state index in [0.717, 1.165) is 43.8 Å². The van der Waals surface area contributed by atoms with Crippen LogP contribution in [0.3, 0.4) is 0 Å². The molecular formula is C18H23N3O2. The minimum Gasteiger partial charge on any atom is -0.497 e. The second kappa shape index (κ2) is 7.31. The third-order valence-electron chi connectivity index (χ3n) is 4.52. The number of methoxy groups -OCH3 is 1. The van der Waals surface area contributed by atoms with Crippen LogP contribution in [0.4, 0.5) is 0 Å². The molecule has 0 spiro atoms. The van der Waals surface area contributed by atoms with Gasteiger partial charge in [-0.05, 0) is 43.0 Å². The normalized spacial score (nSPS) is 18.0. The second-order valence-electron chi connectivity index (χ2n) is 6.04. The maximum Gasteiger partial charge on any atom is 0.222 e. The molecule has 1 aromatic carbocycles. The van der Waals surface area contributed by atoms with E-state index >= 15 is 0 Å². The Morgan fingerprint density at radius 3 is 2.87 bits per heavy atom. The summed E-state index contributed by atoms with van der Waals surface area (Å²) in [6, 6.07) is 9.94. The Kier molecular flexibility index (Phi) is 4.95. The maximum absolute atomic E-state index is 12.5. The number of H-pyrrole nitrogens is 1. The fourth-order valence-electron chi connectivity index (χ4n) is 3.15. The van der Waals surface area contributed by atoms with Crippen molar-refractivity contribution < 1.29 is 9.53 Å². The van der Waals surface area contributed by atoms with Gasteiger partial charge in [-0.25, -0.2) is 0 Å². The summed E-state index contributed by atoms with van der Waals surface area (Å²) in [5.41, 5.74) is 2.30. The molecule has 0 saturated carbocycles. The number of ether oxygens (including phenoxy) is 1. The quantitative estimate of drug-likeness (QED) is 0.923. The van der Waals surface area contributed by atoms with E-state index in [2.05, 4.69) is 10.2 Å². The highest BCUT2D eigenvalue weighted by Crippen LogP contribution is 2.25. The highest BCUT2D eigenvalue weighted by molar-refractivity contribution is 5.76. The topological polar surface area (TPSA) is 58.2 Å². The second-order valence-corrected chi connectivity index (χ2v) is 6.04. The van der Waals surface area contributed by atoms with Crippen LogP contribution < -0.4 is 4.74 Å². The zero-order valence-corrected chi connectivity index (χ0v) is 13.5. The molecule has 1 fully saturated rings. The molecular weight excluding hydrogens is 290 g/mol. The average molecular weight is 313 g/mol. The van der Waals surface area contributed by atoms with Gasteiger partial charge in [-0.2, -0.15) is 5.10 Å². The van der Waals surface area contributed by atoms with Crippen LogP contribution in [0.2, 0.25) is 0 Å². The van der Waals surface area contributed by atoms with E-state index in [9.17, 15) is 4.79 Å². The summed E-state index contributed by atoms with van der Waals surface area (Å²) in [5, 5.41) is 7.05. The number of benzene rings is 1. The predicted molar refractivity (Wildman–Crippen MR) is 88.5 cm³/mol. The van der Waals surface area contributed by atoms with Gasteiger partial charge in [0.1, 0.15) is 5.75 Å². The molecule has 23 heavy (non-hydrogen) atoms. The van der Waals surface area contributed by atoms with Gasteiger partial charge in [0.2, 0.25) is 5.91 Å². The number of amides is 1. The molecule has 5 nitrogen and oxygen atoms in total. The highest BCUT2D eigenvalue weighted by Gasteiger charge is 2.25. The molecule has 1 amide bonds. The molecule has 122 valence electrons. The van der Waals surface area contributed by atoms with E-state index in [1.807, 2.05) is 35.2 Å². The molecule has 1 N–H and O–H groups in total. The van der Waals surface area contributed by atoms with Crippen LogP contribution in [0, 0.1) is 0 Å². The first-order valence-electron chi connectivity index (χ1n) is 8.16. The third kappa shape index (κ3) is 3.92. The Balaban J connectivity index is 1.53. The summed E-state index contributed by atoms with van der Waals surface area (Å²) in [6.45, 7) is 1.66. The molecule has 2 heterocycles. The zero-order valence-electron chi connectivity index (χ0n) is 13.5. The van der Waals surface area contributed by atoms with Crippen molar-refractivity contribution in [2.45, 2.75) is 31.6 Å². The number of nitrogens with one attached hydrogen (secondary N) is 1. The van der Waals surface area contributed by atoms with Crippen molar-refractivity contribution in [3.8, 4) is 5.75 Å². The van der Waals surface area contributed by atoms with Crippen LogP contribution in [0.15, 0.2) is 36.5 Å². The van der Waals surface area contributed by atoms with Crippen LogP contribution in [0.25, 0.3) is 0 Å². The number of aromatic amines is 1. The Morgan fingerprint density at radius 1 is 1.35 bits per heavy atom. The summed E-state index contributed by atoms with van der Waals surface area (Å²) in [6.07, 6.45) is 5.28. The lowest BCUT2D eigenvalue weighted by Crippen LogP contribution is -2.39. The van der Waals surface area contributed by atoms with E-state index in [1.165, 1.54) is 5.56 Å². The van der Waals surface area contributed by atoms with E-state index in [0.29, 0.717) is 12.3 Å². The van der Waals surface area contributed by atoms with Gasteiger partial charge in [0.15, 0.2) is 0 Å². The van der Waals surface area contributed by atoms with Crippen LogP contribution in [0.1, 0.15) is 36.4 Å². The number of rotatable bonds is 5. The van der Waals surface area contributed by atoms with Crippen molar-refractivity contribution >= 4 is 5.91 Å². The summed E-state index contributed by atoms with van der Waals surface area (Å²) >= 11 is 0. The number of piperidine rings is 1. The van der Waals surface area contributed by atoms with Crippen molar-refractivity contribution in [1.82, 2.24) is 15.1 Å². The molecule has 0 bridgehead atoms. The number of nitrogens with zero attached hydrogens (tertiary/aromatic N) is 2. The number of carbonyl (C=O) groups is 1. The number of aromatic nitrogens is 2. The van der Waals surface area contributed by atoms with Gasteiger partial charge < -0.3 is 9.64 Å². The van der Waals surface area contributed by atoms with Gasteiger partial charge >= 0.3 is 0 Å². The Bertz CT molecular complexity index is 622. The van der Waals surface area contributed by atoms with Gasteiger partial charge in [0.25, 0.3) is 0 Å². The first-order valence-corrected chi connectivity index (χ1v) is 8.16. The van der Waals surface area contributed by atoms with Gasteiger partial charge in [0.05, 0.1) is 7.11 Å². The zero-order chi connectivity index (χ0) is 16.1. The highest BCUT2D eigenvalue weighted by atomic mass is 16.5. The molecule has 1 saturated heterocycles. The van der Waals surface area contributed by atoms with Crippen molar-refractivity contribution in [2.75, 3.05) is 20.2 Å². The smallest absolute Gasteiger partial charge is 0.222 e. The molecule has 1 aromatic heterocycles. The van der Waals surface area contributed by atoms with Gasteiger partial charge in [-0.15, -0.1) is 0 Å². The van der Waals surface area contributed by atoms with Crippen LogP contribution >= 0.6 is 0 Å². The van der Waals surface area contributed by atoms with Crippen LogP contribution in [-0.2, 0) is 11.2 Å². The monoisotopic (exact) mass is 313 g/mol. The molecule has 1 atom stereocenters. The first kappa shape index (κ1) is 15.6.